The number of non-ortho nitro benzene ring substituents is 1. The standard InChI is InChI=1S/C25H22N4O7/c1-15-4-5-16(2)20(12-15)27-23(30)24(31)28-26-14-17-6-11-21(22(13-17)35-3)36-25(32)18-7-9-19(10-8-18)29(33)34/h4-14H,1-3H3,(H,27,30)(H,28,31)/b26-14+. The maximum absolute atomic E-state index is 12.4. The summed E-state index contributed by atoms with van der Waals surface area (Å²) in [5.74, 6) is -2.24. The first-order valence-electron chi connectivity index (χ1n) is 10.5. The number of carbonyl (C=O) groups is 3. The summed E-state index contributed by atoms with van der Waals surface area (Å²) in [6.45, 7) is 3.68. The van der Waals surface area contributed by atoms with Gasteiger partial charge in [-0.15, -0.1) is 0 Å². The number of hydrogen-bond donors (Lipinski definition) is 2. The molecule has 0 aliphatic carbocycles. The molecule has 0 bridgehead atoms. The summed E-state index contributed by atoms with van der Waals surface area (Å²) < 4.78 is 10.6. The second-order valence-electron chi connectivity index (χ2n) is 7.58. The first-order valence-corrected chi connectivity index (χ1v) is 10.5. The van der Waals surface area contributed by atoms with Crippen molar-refractivity contribution in [1.29, 1.82) is 0 Å². The summed E-state index contributed by atoms with van der Waals surface area (Å²) in [6, 6.07) is 15.0. The number of esters is 1. The van der Waals surface area contributed by atoms with Gasteiger partial charge < -0.3 is 14.8 Å². The van der Waals surface area contributed by atoms with E-state index in [1.807, 2.05) is 26.0 Å². The van der Waals surface area contributed by atoms with Crippen LogP contribution in [0.15, 0.2) is 65.8 Å². The highest BCUT2D eigenvalue weighted by Crippen LogP contribution is 2.28. The Hall–Kier alpha value is -5.06. The van der Waals surface area contributed by atoms with Gasteiger partial charge in [0.1, 0.15) is 0 Å². The summed E-state index contributed by atoms with van der Waals surface area (Å²) in [7, 11) is 1.37. The van der Waals surface area contributed by atoms with Crippen LogP contribution < -0.4 is 20.2 Å². The van der Waals surface area contributed by atoms with Crippen molar-refractivity contribution in [3.05, 3.63) is 93.0 Å². The van der Waals surface area contributed by atoms with Crippen molar-refractivity contribution in [2.24, 2.45) is 5.10 Å². The van der Waals surface area contributed by atoms with Gasteiger partial charge in [-0.1, -0.05) is 12.1 Å². The first-order chi connectivity index (χ1) is 17.2. The third-order valence-corrected chi connectivity index (χ3v) is 4.93. The number of nitrogens with zero attached hydrogens (tertiary/aromatic N) is 2. The van der Waals surface area contributed by atoms with Crippen LogP contribution in [0, 0.1) is 24.0 Å². The van der Waals surface area contributed by atoms with Crippen LogP contribution in [0.5, 0.6) is 11.5 Å². The number of nitro benzene ring substituents is 1. The lowest BCUT2D eigenvalue weighted by Crippen LogP contribution is -2.32. The van der Waals surface area contributed by atoms with E-state index in [2.05, 4.69) is 15.8 Å². The second kappa shape index (κ2) is 11.4. The second-order valence-corrected chi connectivity index (χ2v) is 7.58. The molecule has 3 aromatic rings. The number of benzene rings is 3. The van der Waals surface area contributed by atoms with Gasteiger partial charge in [0.15, 0.2) is 11.5 Å². The lowest BCUT2D eigenvalue weighted by molar-refractivity contribution is -0.384. The summed E-state index contributed by atoms with van der Waals surface area (Å²) >= 11 is 0. The summed E-state index contributed by atoms with van der Waals surface area (Å²) in [5.41, 5.74) is 4.88. The van der Waals surface area contributed by atoms with E-state index in [-0.39, 0.29) is 22.7 Å². The molecule has 0 fully saturated rings. The average molecular weight is 490 g/mol. The molecular weight excluding hydrogens is 468 g/mol. The van der Waals surface area contributed by atoms with E-state index in [9.17, 15) is 24.5 Å². The maximum atomic E-state index is 12.4. The smallest absolute Gasteiger partial charge is 0.343 e. The van der Waals surface area contributed by atoms with Gasteiger partial charge in [-0.2, -0.15) is 5.10 Å². The third kappa shape index (κ3) is 6.50. The molecule has 0 atom stereocenters. The van der Waals surface area contributed by atoms with Crippen molar-refractivity contribution in [2.45, 2.75) is 13.8 Å². The Bertz CT molecular complexity index is 1350. The van der Waals surface area contributed by atoms with Crippen LogP contribution in [0.25, 0.3) is 0 Å². The van der Waals surface area contributed by atoms with Crippen LogP contribution in [0.4, 0.5) is 11.4 Å². The SMILES string of the molecule is COc1cc(/C=N/NC(=O)C(=O)Nc2cc(C)ccc2C)ccc1OC(=O)c1ccc([N+](=O)[O-])cc1. The molecule has 0 heterocycles. The van der Waals surface area contributed by atoms with Gasteiger partial charge in [0, 0.05) is 17.8 Å². The fourth-order valence-electron chi connectivity index (χ4n) is 2.99. The predicted molar refractivity (Wildman–Crippen MR) is 131 cm³/mol. The molecular formula is C25H22N4O7. The number of hydrogen-bond acceptors (Lipinski definition) is 8. The molecule has 0 saturated heterocycles. The van der Waals surface area contributed by atoms with Gasteiger partial charge >= 0.3 is 17.8 Å². The van der Waals surface area contributed by atoms with Crippen molar-refractivity contribution in [3.8, 4) is 11.5 Å². The van der Waals surface area contributed by atoms with Crippen LogP contribution in [-0.2, 0) is 9.59 Å². The van der Waals surface area contributed by atoms with Crippen molar-refractivity contribution in [2.75, 3.05) is 12.4 Å². The van der Waals surface area contributed by atoms with E-state index < -0.39 is 22.7 Å². The Kier molecular flexibility index (Phi) is 8.08. The van der Waals surface area contributed by atoms with Crippen molar-refractivity contribution in [1.82, 2.24) is 5.43 Å². The molecule has 3 rings (SSSR count). The summed E-state index contributed by atoms with van der Waals surface area (Å²) in [6.07, 6.45) is 1.29. The Morgan fingerprint density at radius 3 is 2.33 bits per heavy atom. The van der Waals surface area contributed by atoms with Crippen molar-refractivity contribution in [3.63, 3.8) is 0 Å². The average Bonchev–Trinajstić information content (AvgIpc) is 2.86. The van der Waals surface area contributed by atoms with Gasteiger partial charge in [0.2, 0.25) is 0 Å². The molecule has 0 unspecified atom stereocenters. The van der Waals surface area contributed by atoms with E-state index in [4.69, 9.17) is 9.47 Å². The minimum absolute atomic E-state index is 0.106. The Balaban J connectivity index is 1.62. The minimum atomic E-state index is -0.951. The van der Waals surface area contributed by atoms with Crippen LogP contribution >= 0.6 is 0 Å². The van der Waals surface area contributed by atoms with E-state index in [0.29, 0.717) is 11.3 Å². The summed E-state index contributed by atoms with van der Waals surface area (Å²) in [4.78, 5) is 46.8. The van der Waals surface area contributed by atoms with E-state index >= 15 is 0 Å². The minimum Gasteiger partial charge on any atom is -0.493 e. The zero-order chi connectivity index (χ0) is 26.2. The molecule has 0 radical (unpaired) electrons. The number of rotatable bonds is 7. The molecule has 11 nitrogen and oxygen atoms in total. The van der Waals surface area contributed by atoms with Gasteiger partial charge in [0.25, 0.3) is 5.69 Å². The molecule has 36 heavy (non-hydrogen) atoms. The normalized spacial score (nSPS) is 10.5. The molecule has 2 N–H and O–H groups in total. The fraction of sp³-hybridized carbons (Fsp3) is 0.120. The van der Waals surface area contributed by atoms with E-state index in [1.165, 1.54) is 49.7 Å². The highest BCUT2D eigenvalue weighted by molar-refractivity contribution is 6.39. The highest BCUT2D eigenvalue weighted by atomic mass is 16.6. The number of nitrogens with one attached hydrogen (secondary N) is 2. The molecule has 0 aliphatic rings. The monoisotopic (exact) mass is 490 g/mol. The van der Waals surface area contributed by atoms with Gasteiger partial charge in [-0.3, -0.25) is 19.7 Å². The predicted octanol–water partition coefficient (Wildman–Crippen LogP) is 3.53. The first kappa shape index (κ1) is 25.6. The number of carbonyl (C=O) groups excluding carboxylic acids is 3. The molecule has 2 amide bonds. The van der Waals surface area contributed by atoms with E-state index in [0.717, 1.165) is 11.1 Å². The number of amides is 2. The Morgan fingerprint density at radius 1 is 0.944 bits per heavy atom. The zero-order valence-corrected chi connectivity index (χ0v) is 19.6. The topological polar surface area (TPSA) is 149 Å². The van der Waals surface area contributed by atoms with Gasteiger partial charge in [-0.05, 0) is 66.9 Å². The molecule has 11 heteroatoms. The number of anilines is 1. The Morgan fingerprint density at radius 2 is 1.67 bits per heavy atom. The van der Waals surface area contributed by atoms with Gasteiger partial charge in [-0.25, -0.2) is 10.2 Å². The number of methoxy groups -OCH3 is 1. The Labute approximate surface area is 205 Å². The van der Waals surface area contributed by atoms with Crippen LogP contribution in [0.3, 0.4) is 0 Å². The van der Waals surface area contributed by atoms with Crippen LogP contribution in [0.1, 0.15) is 27.0 Å². The zero-order valence-electron chi connectivity index (χ0n) is 19.6. The van der Waals surface area contributed by atoms with Crippen LogP contribution in [-0.4, -0.2) is 36.0 Å². The fourth-order valence-corrected chi connectivity index (χ4v) is 2.99. The number of nitro groups is 1. The third-order valence-electron chi connectivity index (χ3n) is 4.93. The van der Waals surface area contributed by atoms with E-state index in [1.54, 1.807) is 12.1 Å². The quantitative estimate of drug-likeness (QED) is 0.128. The lowest BCUT2D eigenvalue weighted by Gasteiger charge is -2.10. The molecule has 184 valence electrons. The van der Waals surface area contributed by atoms with Crippen molar-refractivity contribution >= 4 is 35.4 Å². The largest absolute Gasteiger partial charge is 0.493 e. The molecule has 0 aromatic heterocycles. The van der Waals surface area contributed by atoms with Gasteiger partial charge in [0.05, 0.1) is 23.8 Å². The lowest BCUT2D eigenvalue weighted by atomic mass is 10.1. The molecule has 0 saturated carbocycles. The van der Waals surface area contributed by atoms with Crippen LogP contribution in [0.2, 0.25) is 0 Å². The molecule has 0 aliphatic heterocycles. The number of ether oxygens (including phenoxy) is 2. The highest BCUT2D eigenvalue weighted by Gasteiger charge is 2.16. The number of aryl methyl sites for hydroxylation is 2. The summed E-state index contributed by atoms with van der Waals surface area (Å²) in [5, 5.41) is 17.1. The maximum Gasteiger partial charge on any atom is 0.343 e. The molecule has 0 spiro atoms. The van der Waals surface area contributed by atoms with Crippen molar-refractivity contribution < 1.29 is 28.8 Å². The molecule has 3 aromatic carbocycles. The number of hydrazone groups is 1.